The fraction of sp³-hybridized carbons (Fsp3) is 0.571. The van der Waals surface area contributed by atoms with Crippen molar-refractivity contribution in [3.8, 4) is 5.75 Å². The fourth-order valence-corrected chi connectivity index (χ4v) is 3.11. The van der Waals surface area contributed by atoms with Crippen LogP contribution in [-0.2, 0) is 6.42 Å². The molecule has 1 aliphatic heterocycles. The Hall–Kier alpha value is -0.730. The number of hydrogen-bond acceptors (Lipinski definition) is 2. The maximum Gasteiger partial charge on any atom is 0.127 e. The fourth-order valence-electron chi connectivity index (χ4n) is 2.86. The molecule has 2 aliphatic rings. The Labute approximate surface area is 107 Å². The van der Waals surface area contributed by atoms with Gasteiger partial charge in [-0.25, -0.2) is 0 Å². The van der Waals surface area contributed by atoms with E-state index in [0.717, 1.165) is 23.7 Å². The Morgan fingerprint density at radius 1 is 1.47 bits per heavy atom. The van der Waals surface area contributed by atoms with Crippen molar-refractivity contribution in [2.75, 3.05) is 6.54 Å². The normalized spacial score (nSPS) is 28.7. The highest BCUT2D eigenvalue weighted by Crippen LogP contribution is 2.53. The molecule has 1 saturated carbocycles. The van der Waals surface area contributed by atoms with Gasteiger partial charge in [0.15, 0.2) is 0 Å². The number of rotatable bonds is 2. The summed E-state index contributed by atoms with van der Waals surface area (Å²) in [6.45, 7) is 5.01. The van der Waals surface area contributed by atoms with E-state index in [1.54, 1.807) is 0 Å². The molecule has 1 heterocycles. The Morgan fingerprint density at radius 2 is 2.24 bits per heavy atom. The van der Waals surface area contributed by atoms with Crippen molar-refractivity contribution in [3.05, 3.63) is 28.3 Å². The molecule has 0 bridgehead atoms. The van der Waals surface area contributed by atoms with Gasteiger partial charge in [-0.3, -0.25) is 0 Å². The van der Waals surface area contributed by atoms with Crippen LogP contribution in [0.4, 0.5) is 0 Å². The highest BCUT2D eigenvalue weighted by molar-refractivity contribution is 6.30. The molecule has 1 aromatic rings. The van der Waals surface area contributed by atoms with Gasteiger partial charge in [-0.15, -0.1) is 0 Å². The molecule has 0 radical (unpaired) electrons. The first kappa shape index (κ1) is 11.4. The smallest absolute Gasteiger partial charge is 0.127 e. The summed E-state index contributed by atoms with van der Waals surface area (Å²) in [7, 11) is 0. The van der Waals surface area contributed by atoms with Crippen molar-refractivity contribution in [2.24, 2.45) is 11.7 Å². The molecule has 3 heteroatoms. The molecule has 2 N–H and O–H groups in total. The highest BCUT2D eigenvalue weighted by atomic mass is 35.5. The lowest BCUT2D eigenvalue weighted by Crippen LogP contribution is -2.24. The predicted molar refractivity (Wildman–Crippen MR) is 69.8 cm³/mol. The predicted octanol–water partition coefficient (Wildman–Crippen LogP) is 3.12. The summed E-state index contributed by atoms with van der Waals surface area (Å²) in [6.07, 6.45) is 2.11. The first-order valence-corrected chi connectivity index (χ1v) is 6.59. The Bertz CT molecular complexity index is 470. The van der Waals surface area contributed by atoms with E-state index in [0.29, 0.717) is 11.8 Å². The van der Waals surface area contributed by atoms with E-state index in [4.69, 9.17) is 22.1 Å². The van der Waals surface area contributed by atoms with Crippen molar-refractivity contribution in [3.63, 3.8) is 0 Å². The minimum atomic E-state index is -0.102. The molecule has 3 rings (SSSR count). The highest BCUT2D eigenvalue weighted by Gasteiger charge is 2.42. The molecular formula is C14H18ClNO. The topological polar surface area (TPSA) is 35.2 Å². The van der Waals surface area contributed by atoms with Crippen molar-refractivity contribution in [1.29, 1.82) is 0 Å². The van der Waals surface area contributed by atoms with E-state index in [2.05, 4.69) is 19.9 Å². The Balaban J connectivity index is 2.01. The number of fused-ring (bicyclic) bond motifs is 1. The third kappa shape index (κ3) is 1.94. The molecule has 2 atom stereocenters. The zero-order valence-corrected chi connectivity index (χ0v) is 11.1. The van der Waals surface area contributed by atoms with Crippen LogP contribution in [0.15, 0.2) is 12.1 Å². The lowest BCUT2D eigenvalue weighted by Gasteiger charge is -2.18. The van der Waals surface area contributed by atoms with Crippen LogP contribution in [0, 0.1) is 5.92 Å². The summed E-state index contributed by atoms with van der Waals surface area (Å²) in [5.41, 5.74) is 8.14. The van der Waals surface area contributed by atoms with Crippen molar-refractivity contribution < 1.29 is 4.74 Å². The van der Waals surface area contributed by atoms with E-state index < -0.39 is 0 Å². The summed E-state index contributed by atoms with van der Waals surface area (Å²) in [5, 5.41) is 0.822. The molecule has 1 aromatic carbocycles. The van der Waals surface area contributed by atoms with Gasteiger partial charge in [-0.1, -0.05) is 11.6 Å². The van der Waals surface area contributed by atoms with Gasteiger partial charge in [0.25, 0.3) is 0 Å². The summed E-state index contributed by atoms with van der Waals surface area (Å²) in [5.74, 6) is 2.24. The van der Waals surface area contributed by atoms with E-state index in [-0.39, 0.29) is 5.60 Å². The maximum absolute atomic E-state index is 6.20. The number of hydrogen-bond donors (Lipinski definition) is 1. The van der Waals surface area contributed by atoms with Gasteiger partial charge < -0.3 is 10.5 Å². The standard InChI is InChI=1S/C14H18ClNO/c1-14(2)6-8-3-10(15)5-12(13(8)17-14)11-4-9(11)7-16/h3,5,9,11H,4,6-7,16H2,1-2H3. The summed E-state index contributed by atoms with van der Waals surface area (Å²) < 4.78 is 6.08. The average Bonchev–Trinajstić information content (AvgIpc) is 2.94. The van der Waals surface area contributed by atoms with E-state index in [1.807, 2.05) is 6.07 Å². The summed E-state index contributed by atoms with van der Waals surface area (Å²) in [6, 6.07) is 4.09. The second-order valence-corrected chi connectivity index (χ2v) is 6.30. The summed E-state index contributed by atoms with van der Waals surface area (Å²) >= 11 is 6.20. The molecule has 2 unspecified atom stereocenters. The van der Waals surface area contributed by atoms with Crippen LogP contribution in [0.1, 0.15) is 37.3 Å². The molecule has 2 nitrogen and oxygen atoms in total. The lowest BCUT2D eigenvalue weighted by molar-refractivity contribution is 0.137. The van der Waals surface area contributed by atoms with Gasteiger partial charge in [-0.05, 0) is 61.9 Å². The van der Waals surface area contributed by atoms with Crippen molar-refractivity contribution >= 4 is 11.6 Å². The molecule has 0 spiro atoms. The van der Waals surface area contributed by atoms with E-state index in [9.17, 15) is 0 Å². The Morgan fingerprint density at radius 3 is 2.88 bits per heavy atom. The quantitative estimate of drug-likeness (QED) is 0.877. The minimum absolute atomic E-state index is 0.102. The van der Waals surface area contributed by atoms with Gasteiger partial charge in [0.2, 0.25) is 0 Å². The third-order valence-corrected chi connectivity index (χ3v) is 4.00. The van der Waals surface area contributed by atoms with Crippen molar-refractivity contribution in [1.82, 2.24) is 0 Å². The number of ether oxygens (including phenoxy) is 1. The molecule has 0 saturated heterocycles. The van der Waals surface area contributed by atoms with E-state index in [1.165, 1.54) is 17.5 Å². The number of nitrogens with two attached hydrogens (primary N) is 1. The van der Waals surface area contributed by atoms with Gasteiger partial charge in [0.05, 0.1) is 0 Å². The SMILES string of the molecule is CC1(C)Cc2cc(Cl)cc(C3CC3CN)c2O1. The minimum Gasteiger partial charge on any atom is -0.487 e. The average molecular weight is 252 g/mol. The third-order valence-electron chi connectivity index (χ3n) is 3.78. The van der Waals surface area contributed by atoms with Crippen LogP contribution in [0.3, 0.4) is 0 Å². The van der Waals surface area contributed by atoms with Crippen molar-refractivity contribution in [2.45, 2.75) is 38.2 Å². The second-order valence-electron chi connectivity index (χ2n) is 5.86. The number of benzene rings is 1. The van der Waals surface area contributed by atoms with Crippen LogP contribution >= 0.6 is 11.6 Å². The van der Waals surface area contributed by atoms with Crippen LogP contribution in [0.5, 0.6) is 5.75 Å². The van der Waals surface area contributed by atoms with Gasteiger partial charge in [0.1, 0.15) is 11.4 Å². The molecular weight excluding hydrogens is 234 g/mol. The molecule has 1 aliphatic carbocycles. The van der Waals surface area contributed by atoms with Crippen LogP contribution < -0.4 is 10.5 Å². The zero-order chi connectivity index (χ0) is 12.2. The largest absolute Gasteiger partial charge is 0.487 e. The van der Waals surface area contributed by atoms with Crippen LogP contribution in [0.2, 0.25) is 5.02 Å². The number of halogens is 1. The monoisotopic (exact) mass is 251 g/mol. The molecule has 0 aromatic heterocycles. The summed E-state index contributed by atoms with van der Waals surface area (Å²) in [4.78, 5) is 0. The van der Waals surface area contributed by atoms with Gasteiger partial charge in [-0.2, -0.15) is 0 Å². The zero-order valence-electron chi connectivity index (χ0n) is 10.3. The molecule has 17 heavy (non-hydrogen) atoms. The molecule has 92 valence electrons. The molecule has 1 fully saturated rings. The second kappa shape index (κ2) is 3.63. The van der Waals surface area contributed by atoms with Gasteiger partial charge >= 0.3 is 0 Å². The molecule has 0 amide bonds. The maximum atomic E-state index is 6.20. The van der Waals surface area contributed by atoms with Crippen LogP contribution in [0.25, 0.3) is 0 Å². The van der Waals surface area contributed by atoms with Crippen LogP contribution in [-0.4, -0.2) is 12.1 Å². The van der Waals surface area contributed by atoms with Gasteiger partial charge in [0, 0.05) is 11.4 Å². The lowest BCUT2D eigenvalue weighted by atomic mass is 9.99. The van der Waals surface area contributed by atoms with E-state index >= 15 is 0 Å². The first-order chi connectivity index (χ1) is 8.00. The first-order valence-electron chi connectivity index (χ1n) is 6.21. The Kier molecular flexibility index (Phi) is 2.43.